The number of rotatable bonds is 1. The molecule has 2 N–H and O–H groups in total. The number of benzene rings is 1. The van der Waals surface area contributed by atoms with Crippen LogP contribution < -0.4 is 5.73 Å². The Balaban J connectivity index is 2.54. The van der Waals surface area contributed by atoms with Crippen molar-refractivity contribution in [3.05, 3.63) is 34.9 Å². The molecule has 0 aliphatic heterocycles. The Bertz CT molecular complexity index is 437. The molecule has 0 bridgehead atoms. The molecule has 1 aliphatic carbocycles. The quantitative estimate of drug-likeness (QED) is 0.792. The van der Waals surface area contributed by atoms with Crippen molar-refractivity contribution in [3.63, 3.8) is 0 Å². The van der Waals surface area contributed by atoms with Crippen molar-refractivity contribution in [2.24, 2.45) is 5.73 Å². The van der Waals surface area contributed by atoms with Gasteiger partial charge in [0.25, 0.3) is 0 Å². The van der Waals surface area contributed by atoms with E-state index in [1.807, 2.05) is 0 Å². The van der Waals surface area contributed by atoms with Gasteiger partial charge in [-0.25, -0.2) is 0 Å². The van der Waals surface area contributed by atoms with E-state index in [1.54, 1.807) is 0 Å². The fourth-order valence-corrected chi connectivity index (χ4v) is 3.05. The molecule has 1 aromatic carbocycles. The Morgan fingerprint density at radius 2 is 1.94 bits per heavy atom. The Morgan fingerprint density at radius 1 is 1.28 bits per heavy atom. The molecule has 1 unspecified atom stereocenters. The zero-order valence-electron chi connectivity index (χ0n) is 12.5. The maximum atomic E-state index is 5.97. The summed E-state index contributed by atoms with van der Waals surface area (Å²) in [5.74, 6) is 0.551. The predicted octanol–water partition coefficient (Wildman–Crippen LogP) is 4.10. The normalized spacial score (nSPS) is 22.7. The first kappa shape index (κ1) is 13.6. The third-order valence-electron chi connectivity index (χ3n) is 4.49. The van der Waals surface area contributed by atoms with Gasteiger partial charge in [-0.2, -0.15) is 0 Å². The second kappa shape index (κ2) is 4.38. The third-order valence-corrected chi connectivity index (χ3v) is 4.49. The molecule has 100 valence electrons. The van der Waals surface area contributed by atoms with E-state index in [4.69, 9.17) is 5.73 Å². The SMILES string of the molecule is CC(C)(C)c1ccc2c(c1)C(CN)CCC2(C)C. The zero-order valence-corrected chi connectivity index (χ0v) is 12.5. The van der Waals surface area contributed by atoms with Crippen LogP contribution in [0.15, 0.2) is 18.2 Å². The summed E-state index contributed by atoms with van der Waals surface area (Å²) in [7, 11) is 0. The summed E-state index contributed by atoms with van der Waals surface area (Å²) < 4.78 is 0. The van der Waals surface area contributed by atoms with Crippen LogP contribution >= 0.6 is 0 Å². The maximum absolute atomic E-state index is 5.97. The van der Waals surface area contributed by atoms with Crippen molar-refractivity contribution < 1.29 is 0 Å². The summed E-state index contributed by atoms with van der Waals surface area (Å²) in [6.07, 6.45) is 2.47. The van der Waals surface area contributed by atoms with Crippen LogP contribution in [-0.4, -0.2) is 6.54 Å². The largest absolute Gasteiger partial charge is 0.330 e. The van der Waals surface area contributed by atoms with E-state index in [0.717, 1.165) is 6.54 Å². The first-order valence-corrected chi connectivity index (χ1v) is 7.11. The van der Waals surface area contributed by atoms with Gasteiger partial charge in [-0.15, -0.1) is 0 Å². The minimum atomic E-state index is 0.218. The lowest BCUT2D eigenvalue weighted by molar-refractivity contribution is 0.393. The summed E-state index contributed by atoms with van der Waals surface area (Å²) in [5.41, 5.74) is 10.9. The van der Waals surface area contributed by atoms with E-state index in [-0.39, 0.29) is 5.41 Å². The highest BCUT2D eigenvalue weighted by Crippen LogP contribution is 2.43. The summed E-state index contributed by atoms with van der Waals surface area (Å²) >= 11 is 0. The monoisotopic (exact) mass is 245 g/mol. The predicted molar refractivity (Wildman–Crippen MR) is 79.2 cm³/mol. The zero-order chi connectivity index (χ0) is 13.6. The second-order valence-electron chi connectivity index (χ2n) is 7.41. The standard InChI is InChI=1S/C17H27N/c1-16(2,3)13-6-7-15-14(10-13)12(11-18)8-9-17(15,4)5/h6-7,10,12H,8-9,11,18H2,1-5H3. The lowest BCUT2D eigenvalue weighted by atomic mass is 9.67. The molecule has 0 fully saturated rings. The molecular formula is C17H27N. The van der Waals surface area contributed by atoms with Gasteiger partial charge in [0.2, 0.25) is 0 Å². The van der Waals surface area contributed by atoms with Crippen LogP contribution in [0.3, 0.4) is 0 Å². The molecule has 1 heteroatoms. The first-order chi connectivity index (χ1) is 8.25. The summed E-state index contributed by atoms with van der Waals surface area (Å²) in [6, 6.07) is 7.06. The van der Waals surface area contributed by atoms with E-state index in [0.29, 0.717) is 11.3 Å². The highest BCUT2D eigenvalue weighted by Gasteiger charge is 2.32. The number of hydrogen-bond donors (Lipinski definition) is 1. The van der Waals surface area contributed by atoms with E-state index in [1.165, 1.54) is 29.5 Å². The van der Waals surface area contributed by atoms with Gasteiger partial charge in [-0.05, 0) is 52.8 Å². The van der Waals surface area contributed by atoms with Crippen LogP contribution in [0.25, 0.3) is 0 Å². The topological polar surface area (TPSA) is 26.0 Å². The smallest absolute Gasteiger partial charge is 0.000812 e. The van der Waals surface area contributed by atoms with E-state index >= 15 is 0 Å². The Labute approximate surface area is 112 Å². The summed E-state index contributed by atoms with van der Waals surface area (Å²) in [4.78, 5) is 0. The minimum Gasteiger partial charge on any atom is -0.330 e. The van der Waals surface area contributed by atoms with Gasteiger partial charge >= 0.3 is 0 Å². The fraction of sp³-hybridized carbons (Fsp3) is 0.647. The number of fused-ring (bicyclic) bond motifs is 1. The summed E-state index contributed by atoms with van der Waals surface area (Å²) in [6.45, 7) is 12.3. The van der Waals surface area contributed by atoms with E-state index in [9.17, 15) is 0 Å². The minimum absolute atomic E-state index is 0.218. The van der Waals surface area contributed by atoms with Crippen molar-refractivity contribution in [1.29, 1.82) is 0 Å². The van der Waals surface area contributed by atoms with Crippen molar-refractivity contribution >= 4 is 0 Å². The van der Waals surface area contributed by atoms with Crippen LogP contribution in [0.2, 0.25) is 0 Å². The van der Waals surface area contributed by atoms with Gasteiger partial charge in [-0.1, -0.05) is 52.8 Å². The molecule has 18 heavy (non-hydrogen) atoms. The van der Waals surface area contributed by atoms with Gasteiger partial charge in [-0.3, -0.25) is 0 Å². The molecule has 0 saturated heterocycles. The highest BCUT2D eigenvalue weighted by molar-refractivity contribution is 5.43. The number of hydrogen-bond acceptors (Lipinski definition) is 1. The average Bonchev–Trinajstić information content (AvgIpc) is 2.27. The molecule has 0 heterocycles. The average molecular weight is 245 g/mol. The molecule has 0 aromatic heterocycles. The molecule has 1 aliphatic rings. The Morgan fingerprint density at radius 3 is 2.50 bits per heavy atom. The van der Waals surface area contributed by atoms with Crippen molar-refractivity contribution in [2.75, 3.05) is 6.54 Å². The van der Waals surface area contributed by atoms with Gasteiger partial charge < -0.3 is 5.73 Å². The molecule has 1 aromatic rings. The first-order valence-electron chi connectivity index (χ1n) is 7.11. The highest BCUT2D eigenvalue weighted by atomic mass is 14.6. The molecule has 1 atom stereocenters. The van der Waals surface area contributed by atoms with Crippen LogP contribution in [0.5, 0.6) is 0 Å². The van der Waals surface area contributed by atoms with E-state index < -0.39 is 0 Å². The molecule has 0 radical (unpaired) electrons. The Hall–Kier alpha value is -0.820. The second-order valence-corrected chi connectivity index (χ2v) is 7.41. The molecule has 0 amide bonds. The van der Waals surface area contributed by atoms with Gasteiger partial charge in [0.15, 0.2) is 0 Å². The van der Waals surface area contributed by atoms with E-state index in [2.05, 4.69) is 52.8 Å². The molecular weight excluding hydrogens is 218 g/mol. The van der Waals surface area contributed by atoms with Crippen molar-refractivity contribution in [2.45, 2.75) is 64.2 Å². The summed E-state index contributed by atoms with van der Waals surface area (Å²) in [5, 5.41) is 0. The van der Waals surface area contributed by atoms with Crippen molar-refractivity contribution in [1.82, 2.24) is 0 Å². The third kappa shape index (κ3) is 2.33. The van der Waals surface area contributed by atoms with Crippen molar-refractivity contribution in [3.8, 4) is 0 Å². The lowest BCUT2D eigenvalue weighted by Gasteiger charge is -2.38. The maximum Gasteiger partial charge on any atom is -0.000812 e. The fourth-order valence-electron chi connectivity index (χ4n) is 3.05. The van der Waals surface area contributed by atoms with Crippen LogP contribution in [0.1, 0.15) is 70.1 Å². The van der Waals surface area contributed by atoms with Crippen LogP contribution in [-0.2, 0) is 10.8 Å². The lowest BCUT2D eigenvalue weighted by Crippen LogP contribution is -2.30. The van der Waals surface area contributed by atoms with Gasteiger partial charge in [0.05, 0.1) is 0 Å². The van der Waals surface area contributed by atoms with Gasteiger partial charge in [0, 0.05) is 0 Å². The molecule has 0 spiro atoms. The molecule has 1 nitrogen and oxygen atoms in total. The molecule has 0 saturated carbocycles. The van der Waals surface area contributed by atoms with Crippen LogP contribution in [0, 0.1) is 0 Å². The molecule has 2 rings (SSSR count). The Kier molecular flexibility index (Phi) is 3.31. The van der Waals surface area contributed by atoms with Crippen LogP contribution in [0.4, 0.5) is 0 Å². The number of nitrogens with two attached hydrogens (primary N) is 1. The van der Waals surface area contributed by atoms with Gasteiger partial charge in [0.1, 0.15) is 0 Å².